The number of hydrogen-bond acceptors (Lipinski definition) is 12. The molecule has 21 atom stereocenters. The largest absolute Gasteiger partial charge is 0.412 e. The number of ether oxygens (including phenoxy) is 6. The Labute approximate surface area is 467 Å². The summed E-state index contributed by atoms with van der Waals surface area (Å²) in [5.41, 5.74) is 1.21. The van der Waals surface area contributed by atoms with Crippen LogP contribution in [0.4, 0.5) is 0 Å². The van der Waals surface area contributed by atoms with E-state index >= 15 is 0 Å². The second kappa shape index (κ2) is 15.4. The normalized spacial score (nSPS) is 57.6. The number of rotatable bonds is 3. The average Bonchev–Trinajstić information content (AvgIpc) is 2.22. The average molecular weight is 1090 g/mol. The van der Waals surface area contributed by atoms with E-state index in [4.69, 9.17) is 28.4 Å². The number of fused-ring (bicyclic) bond motifs is 6. The van der Waals surface area contributed by atoms with Gasteiger partial charge in [0, 0.05) is 33.0 Å². The van der Waals surface area contributed by atoms with Crippen LogP contribution in [0, 0.1) is 84.2 Å². The number of epoxide rings is 3. The second-order valence-corrected chi connectivity index (χ2v) is 32.9. The highest BCUT2D eigenvalue weighted by atomic mass is 16.7. The van der Waals surface area contributed by atoms with Gasteiger partial charge in [-0.1, -0.05) is 81.6 Å². The summed E-state index contributed by atoms with van der Waals surface area (Å²) in [6.07, 6.45) is 26.7. The maximum atomic E-state index is 12.7. The molecular formula is C66H92O13. The van der Waals surface area contributed by atoms with Crippen LogP contribution in [0.5, 0.6) is 0 Å². The number of aliphatic hydroxyl groups is 3. The lowest BCUT2D eigenvalue weighted by Gasteiger charge is -2.67. The van der Waals surface area contributed by atoms with Crippen LogP contribution in [-0.4, -0.2) is 130 Å². The fourth-order valence-corrected chi connectivity index (χ4v) is 26.3. The Bertz CT molecular complexity index is 2570. The van der Waals surface area contributed by atoms with Crippen molar-refractivity contribution < 1.29 is 63.6 Å². The summed E-state index contributed by atoms with van der Waals surface area (Å²) in [6.45, 7) is 24.1. The van der Waals surface area contributed by atoms with Gasteiger partial charge in [-0.3, -0.25) is 14.4 Å². The van der Waals surface area contributed by atoms with Crippen molar-refractivity contribution in [1.29, 1.82) is 0 Å². The zero-order chi connectivity index (χ0) is 54.5. The number of carbonyl (C=O) groups excluding carboxylic acids is 3. The van der Waals surface area contributed by atoms with Gasteiger partial charge in [-0.25, -0.2) is 0 Å². The van der Waals surface area contributed by atoms with E-state index in [9.17, 15) is 29.7 Å². The first-order chi connectivity index (χ1) is 36.8. The van der Waals surface area contributed by atoms with Gasteiger partial charge < -0.3 is 49.2 Å². The van der Waals surface area contributed by atoms with Crippen LogP contribution in [0.3, 0.4) is 0 Å². The van der Waals surface area contributed by atoms with Crippen LogP contribution in [-0.2, 0) is 42.8 Å². The predicted octanol–water partition coefficient (Wildman–Crippen LogP) is 8.26. The fourth-order valence-electron chi connectivity index (χ4n) is 26.3. The van der Waals surface area contributed by atoms with E-state index in [2.05, 4.69) is 62.3 Å². The van der Waals surface area contributed by atoms with Crippen molar-refractivity contribution in [2.75, 3.05) is 39.6 Å². The van der Waals surface area contributed by atoms with E-state index in [0.717, 1.165) is 56.8 Å². The number of carbonyl (C=O) groups is 3. The minimum absolute atomic E-state index is 0. The van der Waals surface area contributed by atoms with E-state index < -0.39 is 33.6 Å². The van der Waals surface area contributed by atoms with E-state index in [1.54, 1.807) is 0 Å². The molecule has 9 saturated carbocycles. The molecule has 13 nitrogen and oxygen atoms in total. The summed E-state index contributed by atoms with van der Waals surface area (Å²) < 4.78 is 37.6. The Morgan fingerprint density at radius 2 is 0.671 bits per heavy atom. The first kappa shape index (κ1) is 53.5. The summed E-state index contributed by atoms with van der Waals surface area (Å²) in [5, 5.41) is 29.2. The smallest absolute Gasteiger partial charge is 0.192 e. The molecule has 6 saturated heterocycles. The van der Waals surface area contributed by atoms with Crippen molar-refractivity contribution >= 4 is 17.3 Å². The number of aliphatic hydroxyl groups excluding tert-OH is 3. The zero-order valence-corrected chi connectivity index (χ0v) is 48.9. The summed E-state index contributed by atoms with van der Waals surface area (Å²) in [4.78, 5) is 38.0. The number of ketones is 3. The van der Waals surface area contributed by atoms with E-state index in [-0.39, 0.29) is 77.2 Å². The molecule has 0 aromatic carbocycles. The Kier molecular flexibility index (Phi) is 10.5. The van der Waals surface area contributed by atoms with Crippen LogP contribution in [0.2, 0.25) is 0 Å². The van der Waals surface area contributed by atoms with Crippen LogP contribution in [0.1, 0.15) is 178 Å². The zero-order valence-electron chi connectivity index (χ0n) is 48.9. The Balaban J connectivity index is 0.000000102. The molecule has 18 aliphatic rings. The molecule has 0 bridgehead atoms. The molecule has 0 amide bonds. The fraction of sp³-hybridized carbons (Fsp3) is 0.864. The number of Topliss-reactive ketones (excluding diaryl/α,β-unsaturated/α-hetero) is 3. The third-order valence-electron chi connectivity index (χ3n) is 29.5. The minimum Gasteiger partial charge on any atom is -0.412 e. The van der Waals surface area contributed by atoms with Crippen molar-refractivity contribution in [2.45, 2.75) is 230 Å². The Hall–Kier alpha value is -2.17. The third kappa shape index (κ3) is 5.51. The van der Waals surface area contributed by atoms with Crippen molar-refractivity contribution in [3.8, 4) is 0 Å². The van der Waals surface area contributed by atoms with E-state index in [1.807, 2.05) is 18.2 Å². The van der Waals surface area contributed by atoms with Gasteiger partial charge in [-0.15, -0.1) is 0 Å². The summed E-state index contributed by atoms with van der Waals surface area (Å²) >= 11 is 0. The highest BCUT2D eigenvalue weighted by molar-refractivity contribution is 6.05. The van der Waals surface area contributed by atoms with Gasteiger partial charge in [0.15, 0.2) is 35.7 Å². The minimum atomic E-state index is -0.461. The third-order valence-corrected chi connectivity index (χ3v) is 29.5. The standard InChI is InChI=1S/3C22H30O4.H2O/c3*1-18(2)6-4-7-19(3)14(18)5-8-20-12-25-22(20)9-13(11-23)16(24)17-21(22,26-17)10-15(19)20;/h3*9,14-15,17,23H,4-8,10-12H2,1-3H3;1H2/t3*14-,15+,17+,19-,20-,21+,22-;/m000./s1. The first-order valence-corrected chi connectivity index (χ1v) is 31.4. The maximum absolute atomic E-state index is 12.7. The lowest BCUT2D eigenvalue weighted by atomic mass is 9.41. The van der Waals surface area contributed by atoms with Gasteiger partial charge in [0.25, 0.3) is 0 Å². The van der Waals surface area contributed by atoms with Gasteiger partial charge in [0.1, 0.15) is 33.6 Å². The molecule has 12 aliphatic carbocycles. The lowest BCUT2D eigenvalue weighted by molar-refractivity contribution is -0.291. The lowest BCUT2D eigenvalue weighted by Crippen LogP contribution is -2.71. The van der Waals surface area contributed by atoms with Gasteiger partial charge in [0.05, 0.1) is 39.6 Å². The molecule has 0 aromatic heterocycles. The molecule has 5 N–H and O–H groups in total. The molecule has 0 aromatic rings. The topological polar surface area (TPSA) is 209 Å². The van der Waals surface area contributed by atoms with Crippen LogP contribution >= 0.6 is 0 Å². The van der Waals surface area contributed by atoms with Gasteiger partial charge >= 0.3 is 0 Å². The van der Waals surface area contributed by atoms with Crippen LogP contribution in [0.15, 0.2) is 34.9 Å². The SMILES string of the molecule is CC1(C)CCC[C@]2(C)[C@H]3C[C@@]45O[C@@H]4C(=O)C(CO)=C[C@@]54OC[C@@]34CC[C@@H]12.CC1(C)CCC[C@]2(C)[C@H]3C[C@@]45O[C@@H]4C(=O)C(CO)=C[C@@]54OC[C@@]34CC[C@@H]12.CC1(C)CCC[C@]2(C)[C@H]3C[C@@]45O[C@@H]4C(=O)C(CO)=C[C@@]54OC[C@@]34CC[C@@H]12.O. The Morgan fingerprint density at radius 3 is 0.899 bits per heavy atom. The van der Waals surface area contributed by atoms with E-state index in [1.165, 1.54) is 96.3 Å². The quantitative estimate of drug-likeness (QED) is 0.228. The number of hydrogen-bond donors (Lipinski definition) is 3. The van der Waals surface area contributed by atoms with Crippen LogP contribution < -0.4 is 0 Å². The summed E-state index contributed by atoms with van der Waals surface area (Å²) in [6, 6.07) is 0. The van der Waals surface area contributed by atoms with Gasteiger partial charge in [-0.05, 0) is 183 Å². The highest BCUT2D eigenvalue weighted by Gasteiger charge is 2.93. The van der Waals surface area contributed by atoms with Crippen molar-refractivity contribution in [2.24, 2.45) is 84.2 Å². The van der Waals surface area contributed by atoms with Crippen molar-refractivity contribution in [3.05, 3.63) is 34.9 Å². The molecule has 6 heterocycles. The molecular weight excluding hydrogens is 1000 g/mol. The molecule has 6 aliphatic heterocycles. The van der Waals surface area contributed by atoms with E-state index in [0.29, 0.717) is 67.0 Å². The van der Waals surface area contributed by atoms with Gasteiger partial charge in [0.2, 0.25) is 0 Å². The molecule has 18 rings (SSSR count). The molecule has 13 heteroatoms. The second-order valence-electron chi connectivity index (χ2n) is 32.9. The maximum Gasteiger partial charge on any atom is 0.192 e. The summed E-state index contributed by atoms with van der Waals surface area (Å²) in [5.74, 6) is 3.85. The first-order valence-electron chi connectivity index (χ1n) is 31.4. The highest BCUT2D eigenvalue weighted by Crippen LogP contribution is 2.85. The summed E-state index contributed by atoms with van der Waals surface area (Å²) in [7, 11) is 0. The molecule has 0 radical (unpaired) electrons. The molecule has 0 unspecified atom stereocenters. The molecule has 15 fully saturated rings. The molecule has 434 valence electrons. The van der Waals surface area contributed by atoms with Crippen molar-refractivity contribution in [1.82, 2.24) is 0 Å². The molecule has 79 heavy (non-hydrogen) atoms. The van der Waals surface area contributed by atoms with Gasteiger partial charge in [-0.2, -0.15) is 0 Å². The van der Waals surface area contributed by atoms with Crippen LogP contribution in [0.25, 0.3) is 0 Å². The van der Waals surface area contributed by atoms with Crippen molar-refractivity contribution in [3.63, 3.8) is 0 Å². The monoisotopic (exact) mass is 1090 g/mol. The predicted molar refractivity (Wildman–Crippen MR) is 290 cm³/mol. The molecule has 9 spiro atoms. The Morgan fingerprint density at radius 1 is 0.405 bits per heavy atom.